The molecule has 96 valence electrons. The summed E-state index contributed by atoms with van der Waals surface area (Å²) in [5.74, 6) is -0.413. The van der Waals surface area contributed by atoms with E-state index in [1.165, 1.54) is 0 Å². The maximum atomic E-state index is 11.4. The molecule has 0 saturated carbocycles. The first-order chi connectivity index (χ1) is 8.65. The van der Waals surface area contributed by atoms with Crippen LogP contribution in [-0.2, 0) is 4.79 Å². The molecule has 0 heterocycles. The molecule has 0 saturated heterocycles. The molecule has 6 heteroatoms. The Bertz CT molecular complexity index is 454. The van der Waals surface area contributed by atoms with Crippen molar-refractivity contribution < 1.29 is 4.79 Å². The van der Waals surface area contributed by atoms with Crippen molar-refractivity contribution in [3.63, 3.8) is 0 Å². The molecule has 1 amide bonds. The third-order valence-electron chi connectivity index (χ3n) is 2.51. The number of nitrogens with two attached hydrogens (primary N) is 1. The third-order valence-corrected chi connectivity index (χ3v) is 2.51. The standard InChI is InChI=1S/C12H17N5O/c1-9-4-2-5-10(8-9)11(12(13)18)15-6-3-7-16-17-14/h2,4-5,8,11,15H,3,6-7H2,1H3,(H2,13,18). The van der Waals surface area contributed by atoms with E-state index in [4.69, 9.17) is 11.3 Å². The first-order valence-corrected chi connectivity index (χ1v) is 5.75. The second-order valence-electron chi connectivity index (χ2n) is 4.01. The Hall–Kier alpha value is -2.04. The van der Waals surface area contributed by atoms with Gasteiger partial charge in [0.25, 0.3) is 0 Å². The lowest BCUT2D eigenvalue weighted by Gasteiger charge is -2.16. The molecule has 0 bridgehead atoms. The Morgan fingerprint density at radius 2 is 2.39 bits per heavy atom. The van der Waals surface area contributed by atoms with Crippen LogP contribution in [0.2, 0.25) is 0 Å². The van der Waals surface area contributed by atoms with E-state index >= 15 is 0 Å². The van der Waals surface area contributed by atoms with Crippen LogP contribution in [0.15, 0.2) is 29.4 Å². The van der Waals surface area contributed by atoms with Gasteiger partial charge in [-0.15, -0.1) is 0 Å². The van der Waals surface area contributed by atoms with Crippen molar-refractivity contribution in [2.24, 2.45) is 10.8 Å². The zero-order valence-corrected chi connectivity index (χ0v) is 10.3. The van der Waals surface area contributed by atoms with Gasteiger partial charge in [-0.3, -0.25) is 4.79 Å². The number of azide groups is 1. The minimum Gasteiger partial charge on any atom is -0.368 e. The van der Waals surface area contributed by atoms with Gasteiger partial charge in [0.15, 0.2) is 0 Å². The van der Waals surface area contributed by atoms with Crippen LogP contribution < -0.4 is 11.1 Å². The van der Waals surface area contributed by atoms with Gasteiger partial charge >= 0.3 is 0 Å². The van der Waals surface area contributed by atoms with Gasteiger partial charge in [-0.2, -0.15) is 0 Å². The summed E-state index contributed by atoms with van der Waals surface area (Å²) in [5, 5.41) is 6.49. The topological polar surface area (TPSA) is 104 Å². The number of benzene rings is 1. The van der Waals surface area contributed by atoms with Crippen LogP contribution in [0.25, 0.3) is 10.4 Å². The molecule has 0 aromatic heterocycles. The molecule has 6 nitrogen and oxygen atoms in total. The van der Waals surface area contributed by atoms with Gasteiger partial charge in [0.05, 0.1) is 0 Å². The summed E-state index contributed by atoms with van der Waals surface area (Å²) in [6.45, 7) is 2.94. The fourth-order valence-electron chi connectivity index (χ4n) is 1.67. The van der Waals surface area contributed by atoms with Gasteiger partial charge in [-0.1, -0.05) is 34.9 Å². The number of carbonyl (C=O) groups excluding carboxylic acids is 1. The smallest absolute Gasteiger partial charge is 0.239 e. The fraction of sp³-hybridized carbons (Fsp3) is 0.417. The highest BCUT2D eigenvalue weighted by molar-refractivity contribution is 5.81. The maximum Gasteiger partial charge on any atom is 0.239 e. The number of carbonyl (C=O) groups is 1. The molecule has 0 aliphatic rings. The molecule has 0 fully saturated rings. The van der Waals surface area contributed by atoms with Gasteiger partial charge in [0, 0.05) is 11.5 Å². The zero-order valence-electron chi connectivity index (χ0n) is 10.3. The largest absolute Gasteiger partial charge is 0.368 e. The van der Waals surface area contributed by atoms with Crippen molar-refractivity contribution in [1.82, 2.24) is 5.32 Å². The Labute approximate surface area is 106 Å². The van der Waals surface area contributed by atoms with E-state index in [-0.39, 0.29) is 0 Å². The molecule has 1 aromatic rings. The van der Waals surface area contributed by atoms with E-state index in [1.807, 2.05) is 31.2 Å². The Morgan fingerprint density at radius 1 is 1.61 bits per heavy atom. The van der Waals surface area contributed by atoms with Crippen molar-refractivity contribution in [3.8, 4) is 0 Å². The predicted molar refractivity (Wildman–Crippen MR) is 69.7 cm³/mol. The summed E-state index contributed by atoms with van der Waals surface area (Å²) in [6, 6.07) is 7.14. The van der Waals surface area contributed by atoms with Gasteiger partial charge < -0.3 is 11.1 Å². The highest BCUT2D eigenvalue weighted by atomic mass is 16.1. The average Bonchev–Trinajstić information content (AvgIpc) is 2.33. The Balaban J connectivity index is 2.60. The summed E-state index contributed by atoms with van der Waals surface area (Å²) < 4.78 is 0. The van der Waals surface area contributed by atoms with E-state index in [0.29, 0.717) is 19.5 Å². The van der Waals surface area contributed by atoms with E-state index in [9.17, 15) is 4.79 Å². The summed E-state index contributed by atoms with van der Waals surface area (Å²) in [7, 11) is 0. The molecule has 3 N–H and O–H groups in total. The molecular formula is C12H17N5O. The quantitative estimate of drug-likeness (QED) is 0.332. The highest BCUT2D eigenvalue weighted by Crippen LogP contribution is 2.14. The lowest BCUT2D eigenvalue weighted by atomic mass is 10.0. The van der Waals surface area contributed by atoms with Crippen molar-refractivity contribution in [3.05, 3.63) is 45.8 Å². The molecule has 1 unspecified atom stereocenters. The van der Waals surface area contributed by atoms with Crippen molar-refractivity contribution in [2.45, 2.75) is 19.4 Å². The number of nitrogens with one attached hydrogen (secondary N) is 1. The monoisotopic (exact) mass is 247 g/mol. The minimum atomic E-state index is -0.504. The van der Waals surface area contributed by atoms with Crippen LogP contribution in [0.5, 0.6) is 0 Å². The molecule has 0 radical (unpaired) electrons. The molecule has 0 aliphatic heterocycles. The highest BCUT2D eigenvalue weighted by Gasteiger charge is 2.16. The second-order valence-corrected chi connectivity index (χ2v) is 4.01. The van der Waals surface area contributed by atoms with E-state index < -0.39 is 11.9 Å². The van der Waals surface area contributed by atoms with E-state index in [1.54, 1.807) is 0 Å². The number of rotatable bonds is 7. The number of nitrogens with zero attached hydrogens (tertiary/aromatic N) is 3. The molecule has 18 heavy (non-hydrogen) atoms. The Kier molecular flexibility index (Phi) is 5.70. The van der Waals surface area contributed by atoms with Crippen LogP contribution in [0, 0.1) is 6.92 Å². The normalized spacial score (nSPS) is 11.6. The first-order valence-electron chi connectivity index (χ1n) is 5.75. The maximum absolute atomic E-state index is 11.4. The summed E-state index contributed by atoms with van der Waals surface area (Å²) in [5.41, 5.74) is 15.4. The molecule has 1 atom stereocenters. The van der Waals surface area contributed by atoms with Gasteiger partial charge in [0.2, 0.25) is 5.91 Å². The lowest BCUT2D eigenvalue weighted by Crippen LogP contribution is -2.34. The SMILES string of the molecule is Cc1cccc(C(NCCCN=[N+]=[N-])C(N)=O)c1. The number of aryl methyl sites for hydroxylation is 1. The summed E-state index contributed by atoms with van der Waals surface area (Å²) in [4.78, 5) is 14.1. The summed E-state index contributed by atoms with van der Waals surface area (Å²) >= 11 is 0. The third kappa shape index (κ3) is 4.45. The van der Waals surface area contributed by atoms with Gasteiger partial charge in [-0.25, -0.2) is 0 Å². The van der Waals surface area contributed by atoms with Crippen molar-refractivity contribution >= 4 is 5.91 Å². The minimum absolute atomic E-state index is 0.406. The zero-order chi connectivity index (χ0) is 13.4. The second kappa shape index (κ2) is 7.32. The Morgan fingerprint density at radius 3 is 3.00 bits per heavy atom. The molecule has 0 aliphatic carbocycles. The van der Waals surface area contributed by atoms with Crippen LogP contribution in [0.4, 0.5) is 0 Å². The van der Waals surface area contributed by atoms with Crippen molar-refractivity contribution in [1.29, 1.82) is 0 Å². The number of amides is 1. The molecule has 1 rings (SSSR count). The lowest BCUT2D eigenvalue weighted by molar-refractivity contribution is -0.120. The van der Waals surface area contributed by atoms with Crippen LogP contribution in [0.3, 0.4) is 0 Å². The van der Waals surface area contributed by atoms with Crippen molar-refractivity contribution in [2.75, 3.05) is 13.1 Å². The number of hydrogen-bond donors (Lipinski definition) is 2. The first kappa shape index (κ1) is 14.0. The van der Waals surface area contributed by atoms with Crippen LogP contribution >= 0.6 is 0 Å². The predicted octanol–water partition coefficient (Wildman–Crippen LogP) is 1.81. The molecule has 1 aromatic carbocycles. The van der Waals surface area contributed by atoms with Gasteiger partial charge in [0.1, 0.15) is 6.04 Å². The van der Waals surface area contributed by atoms with E-state index in [2.05, 4.69) is 15.3 Å². The van der Waals surface area contributed by atoms with E-state index in [0.717, 1.165) is 11.1 Å². The molecular weight excluding hydrogens is 230 g/mol. The summed E-state index contributed by atoms with van der Waals surface area (Å²) in [6.07, 6.45) is 0.666. The molecule has 0 spiro atoms. The fourth-order valence-corrected chi connectivity index (χ4v) is 1.67. The average molecular weight is 247 g/mol. The van der Waals surface area contributed by atoms with Crippen LogP contribution in [0.1, 0.15) is 23.6 Å². The number of primary amides is 1. The number of hydrogen-bond acceptors (Lipinski definition) is 3. The van der Waals surface area contributed by atoms with Gasteiger partial charge in [-0.05, 0) is 31.0 Å². The van der Waals surface area contributed by atoms with Crippen LogP contribution in [-0.4, -0.2) is 19.0 Å².